The summed E-state index contributed by atoms with van der Waals surface area (Å²) in [6, 6.07) is 7.17. The van der Waals surface area contributed by atoms with Gasteiger partial charge in [-0.15, -0.1) is 0 Å². The number of ether oxygens (including phenoxy) is 2. The van der Waals surface area contributed by atoms with Gasteiger partial charge in [-0.2, -0.15) is 18.2 Å². The average molecular weight is 369 g/mol. The number of unbranched alkanes of at least 4 members (excludes halogenated alkanes) is 1. The van der Waals surface area contributed by atoms with Crippen LogP contribution in [0.1, 0.15) is 32.3 Å². The van der Waals surface area contributed by atoms with E-state index in [1.807, 2.05) is 19.9 Å². The van der Waals surface area contributed by atoms with Gasteiger partial charge < -0.3 is 14.4 Å². The first-order valence-corrected chi connectivity index (χ1v) is 8.41. The predicted molar refractivity (Wildman–Crippen MR) is 93.1 cm³/mol. The molecule has 0 fully saturated rings. The maximum atomic E-state index is 13.2. The number of anilines is 2. The molecule has 0 N–H and O–H groups in total. The van der Waals surface area contributed by atoms with E-state index in [0.29, 0.717) is 24.5 Å². The number of hydrogen-bond donors (Lipinski definition) is 0. The SMILES string of the molecule is CCCCOc1nc(N(C)c2ccccc2OCC)ncc1C(F)(F)F. The molecule has 0 aliphatic rings. The fourth-order valence-corrected chi connectivity index (χ4v) is 2.26. The number of rotatable bonds is 8. The van der Waals surface area contributed by atoms with E-state index >= 15 is 0 Å². The van der Waals surface area contributed by atoms with Crippen LogP contribution >= 0.6 is 0 Å². The van der Waals surface area contributed by atoms with Gasteiger partial charge in [0, 0.05) is 13.2 Å². The molecule has 2 rings (SSSR count). The van der Waals surface area contributed by atoms with Crippen LogP contribution in [0.3, 0.4) is 0 Å². The maximum absolute atomic E-state index is 13.2. The van der Waals surface area contributed by atoms with Gasteiger partial charge in [-0.1, -0.05) is 25.5 Å². The number of benzene rings is 1. The lowest BCUT2D eigenvalue weighted by Gasteiger charge is -2.21. The zero-order valence-electron chi connectivity index (χ0n) is 15.0. The molecule has 5 nitrogen and oxygen atoms in total. The average Bonchev–Trinajstić information content (AvgIpc) is 2.61. The van der Waals surface area contributed by atoms with Gasteiger partial charge in [-0.3, -0.25) is 0 Å². The predicted octanol–water partition coefficient (Wildman–Crippen LogP) is 4.84. The number of halogens is 3. The van der Waals surface area contributed by atoms with Gasteiger partial charge >= 0.3 is 6.18 Å². The van der Waals surface area contributed by atoms with E-state index in [4.69, 9.17) is 9.47 Å². The molecule has 1 aromatic carbocycles. The zero-order chi connectivity index (χ0) is 19.2. The third-order valence-electron chi connectivity index (χ3n) is 3.61. The van der Waals surface area contributed by atoms with Crippen LogP contribution in [0.4, 0.5) is 24.8 Å². The van der Waals surface area contributed by atoms with E-state index in [1.165, 1.54) is 0 Å². The second kappa shape index (κ2) is 8.73. The van der Waals surface area contributed by atoms with Gasteiger partial charge in [-0.05, 0) is 25.5 Å². The normalized spacial score (nSPS) is 11.3. The zero-order valence-corrected chi connectivity index (χ0v) is 15.0. The molecule has 0 atom stereocenters. The first-order chi connectivity index (χ1) is 12.4. The molecular weight excluding hydrogens is 347 g/mol. The summed E-state index contributed by atoms with van der Waals surface area (Å²) in [7, 11) is 1.66. The minimum absolute atomic E-state index is 0.0941. The molecule has 0 unspecified atom stereocenters. The maximum Gasteiger partial charge on any atom is 0.423 e. The highest BCUT2D eigenvalue weighted by Crippen LogP contribution is 2.37. The van der Waals surface area contributed by atoms with E-state index in [1.54, 1.807) is 30.1 Å². The van der Waals surface area contributed by atoms with E-state index in [0.717, 1.165) is 12.6 Å². The van der Waals surface area contributed by atoms with Crippen molar-refractivity contribution < 1.29 is 22.6 Å². The molecule has 0 aliphatic carbocycles. The monoisotopic (exact) mass is 369 g/mol. The molecule has 1 aromatic heterocycles. The molecule has 8 heteroatoms. The molecule has 2 aromatic rings. The summed E-state index contributed by atoms with van der Waals surface area (Å²) < 4.78 is 50.4. The Bertz CT molecular complexity index is 723. The molecule has 0 aliphatic heterocycles. The van der Waals surface area contributed by atoms with Gasteiger partial charge in [0.15, 0.2) is 0 Å². The summed E-state index contributed by atoms with van der Waals surface area (Å²) in [6.45, 7) is 4.41. The number of hydrogen-bond acceptors (Lipinski definition) is 5. The van der Waals surface area contributed by atoms with E-state index < -0.39 is 17.6 Å². The van der Waals surface area contributed by atoms with Crippen LogP contribution in [0.15, 0.2) is 30.5 Å². The van der Waals surface area contributed by atoms with Crippen molar-refractivity contribution in [2.24, 2.45) is 0 Å². The summed E-state index contributed by atoms with van der Waals surface area (Å²) in [5, 5.41) is 0. The number of aromatic nitrogens is 2. The summed E-state index contributed by atoms with van der Waals surface area (Å²) in [4.78, 5) is 9.44. The molecular formula is C18H22F3N3O2. The van der Waals surface area contributed by atoms with Crippen molar-refractivity contribution in [3.05, 3.63) is 36.0 Å². The van der Waals surface area contributed by atoms with E-state index in [9.17, 15) is 13.2 Å². The summed E-state index contributed by atoms with van der Waals surface area (Å²) >= 11 is 0. The summed E-state index contributed by atoms with van der Waals surface area (Å²) in [5.41, 5.74) is -0.336. The van der Waals surface area contributed by atoms with Crippen molar-refractivity contribution in [1.82, 2.24) is 9.97 Å². The minimum Gasteiger partial charge on any atom is -0.492 e. The highest BCUT2D eigenvalue weighted by Gasteiger charge is 2.36. The molecule has 0 saturated heterocycles. The van der Waals surface area contributed by atoms with Crippen molar-refractivity contribution in [3.63, 3.8) is 0 Å². The lowest BCUT2D eigenvalue weighted by molar-refractivity contribution is -0.139. The van der Waals surface area contributed by atoms with Crippen LogP contribution < -0.4 is 14.4 Å². The standard InChI is InChI=1S/C18H22F3N3O2/c1-4-6-11-26-16-13(18(19,20)21)12-22-17(23-16)24(3)14-9-7-8-10-15(14)25-5-2/h7-10,12H,4-6,11H2,1-3H3. The number of alkyl halides is 3. The quantitative estimate of drug-likeness (QED) is 0.623. The molecule has 0 amide bonds. The van der Waals surface area contributed by atoms with Crippen molar-refractivity contribution in [2.75, 3.05) is 25.2 Å². The molecule has 0 saturated carbocycles. The molecule has 0 bridgehead atoms. The molecule has 1 heterocycles. The van der Waals surface area contributed by atoms with Crippen LogP contribution in [0.2, 0.25) is 0 Å². The Morgan fingerprint density at radius 2 is 1.85 bits per heavy atom. The van der Waals surface area contributed by atoms with E-state index in [-0.39, 0.29) is 12.6 Å². The largest absolute Gasteiger partial charge is 0.492 e. The van der Waals surface area contributed by atoms with Gasteiger partial charge in [0.1, 0.15) is 11.3 Å². The van der Waals surface area contributed by atoms with Crippen LogP contribution in [-0.4, -0.2) is 30.2 Å². The Morgan fingerprint density at radius 1 is 1.12 bits per heavy atom. The van der Waals surface area contributed by atoms with Crippen LogP contribution in [0, 0.1) is 0 Å². The molecule has 26 heavy (non-hydrogen) atoms. The Labute approximate surface area is 150 Å². The van der Waals surface area contributed by atoms with Crippen LogP contribution in [0.5, 0.6) is 11.6 Å². The second-order valence-corrected chi connectivity index (χ2v) is 5.55. The Morgan fingerprint density at radius 3 is 2.50 bits per heavy atom. The first-order valence-electron chi connectivity index (χ1n) is 8.41. The third-order valence-corrected chi connectivity index (χ3v) is 3.61. The Hall–Kier alpha value is -2.51. The lowest BCUT2D eigenvalue weighted by atomic mass is 10.2. The molecule has 142 valence electrons. The fourth-order valence-electron chi connectivity index (χ4n) is 2.26. The highest BCUT2D eigenvalue weighted by molar-refractivity contribution is 5.65. The Balaban J connectivity index is 2.38. The van der Waals surface area contributed by atoms with Gasteiger partial charge in [-0.25, -0.2) is 4.98 Å². The summed E-state index contributed by atoms with van der Waals surface area (Å²) in [5.74, 6) is 0.225. The van der Waals surface area contributed by atoms with Gasteiger partial charge in [0.2, 0.25) is 11.8 Å². The Kier molecular flexibility index (Phi) is 6.65. The summed E-state index contributed by atoms with van der Waals surface area (Å²) in [6.07, 6.45) is -2.38. The second-order valence-electron chi connectivity index (χ2n) is 5.55. The van der Waals surface area contributed by atoms with Crippen molar-refractivity contribution in [2.45, 2.75) is 32.9 Å². The van der Waals surface area contributed by atoms with Crippen molar-refractivity contribution >= 4 is 11.6 Å². The molecule has 0 spiro atoms. The van der Waals surface area contributed by atoms with Crippen LogP contribution in [0.25, 0.3) is 0 Å². The number of nitrogens with zero attached hydrogens (tertiary/aromatic N) is 3. The number of para-hydroxylation sites is 2. The third kappa shape index (κ3) is 4.77. The smallest absolute Gasteiger partial charge is 0.423 e. The van der Waals surface area contributed by atoms with Crippen LogP contribution in [-0.2, 0) is 6.18 Å². The first kappa shape index (κ1) is 19.8. The van der Waals surface area contributed by atoms with E-state index in [2.05, 4.69) is 9.97 Å². The highest BCUT2D eigenvalue weighted by atomic mass is 19.4. The topological polar surface area (TPSA) is 47.5 Å². The molecule has 0 radical (unpaired) electrons. The van der Waals surface area contributed by atoms with Crippen molar-refractivity contribution in [3.8, 4) is 11.6 Å². The fraction of sp³-hybridized carbons (Fsp3) is 0.444. The lowest BCUT2D eigenvalue weighted by Crippen LogP contribution is -2.18. The van der Waals surface area contributed by atoms with Gasteiger partial charge in [0.25, 0.3) is 0 Å². The van der Waals surface area contributed by atoms with Gasteiger partial charge in [0.05, 0.1) is 18.9 Å². The van der Waals surface area contributed by atoms with Crippen molar-refractivity contribution in [1.29, 1.82) is 0 Å². The minimum atomic E-state index is -4.58.